The summed E-state index contributed by atoms with van der Waals surface area (Å²) in [5.41, 5.74) is 2.31. The quantitative estimate of drug-likeness (QED) is 0.259. The van der Waals surface area contributed by atoms with Gasteiger partial charge in [-0.25, -0.2) is 9.59 Å². The number of carbonyl (C=O) groups excluding carboxylic acids is 1. The van der Waals surface area contributed by atoms with Crippen LogP contribution in [0, 0.1) is 6.92 Å². The van der Waals surface area contributed by atoms with Gasteiger partial charge in [0, 0.05) is 11.5 Å². The van der Waals surface area contributed by atoms with Crippen molar-refractivity contribution in [2.75, 3.05) is 14.2 Å². The van der Waals surface area contributed by atoms with Gasteiger partial charge in [-0.1, -0.05) is 30.3 Å². The molecule has 3 aromatic carbocycles. The second-order valence-electron chi connectivity index (χ2n) is 6.87. The number of hydrogen-bond donors (Lipinski definition) is 0. The van der Waals surface area contributed by atoms with Crippen LogP contribution in [0.4, 0.5) is 0 Å². The Kier molecular flexibility index (Phi) is 5.45. The third-order valence-electron chi connectivity index (χ3n) is 5.03. The Hall–Kier alpha value is -4.06. The molecule has 0 aliphatic carbocycles. The first-order valence-electron chi connectivity index (χ1n) is 9.59. The normalized spacial score (nSPS) is 10.7. The monoisotopic (exact) mass is 416 g/mol. The summed E-state index contributed by atoms with van der Waals surface area (Å²) in [4.78, 5) is 25.2. The maximum atomic E-state index is 12.6. The molecule has 0 amide bonds. The zero-order valence-electron chi connectivity index (χ0n) is 17.3. The molecular formula is C25H20O6. The van der Waals surface area contributed by atoms with Crippen molar-refractivity contribution in [2.24, 2.45) is 0 Å². The van der Waals surface area contributed by atoms with Crippen molar-refractivity contribution in [3.63, 3.8) is 0 Å². The molecule has 1 aromatic heterocycles. The number of carbonyl (C=O) groups is 1. The van der Waals surface area contributed by atoms with Gasteiger partial charge in [0.1, 0.15) is 11.3 Å². The van der Waals surface area contributed by atoms with Gasteiger partial charge in [-0.2, -0.15) is 0 Å². The highest BCUT2D eigenvalue weighted by Crippen LogP contribution is 2.30. The van der Waals surface area contributed by atoms with E-state index in [-0.39, 0.29) is 5.75 Å². The molecule has 4 aromatic rings. The smallest absolute Gasteiger partial charge is 0.344 e. The fourth-order valence-electron chi connectivity index (χ4n) is 3.47. The van der Waals surface area contributed by atoms with Gasteiger partial charge in [0.2, 0.25) is 0 Å². The van der Waals surface area contributed by atoms with E-state index in [1.54, 1.807) is 30.3 Å². The molecular weight excluding hydrogens is 396 g/mol. The summed E-state index contributed by atoms with van der Waals surface area (Å²) in [7, 11) is 3.01. The molecule has 0 radical (unpaired) electrons. The highest BCUT2D eigenvalue weighted by Gasteiger charge is 2.16. The molecule has 0 fully saturated rings. The number of fused-ring (bicyclic) bond motifs is 1. The third kappa shape index (κ3) is 3.88. The van der Waals surface area contributed by atoms with E-state index in [1.807, 2.05) is 37.3 Å². The Morgan fingerprint density at radius 1 is 0.871 bits per heavy atom. The van der Waals surface area contributed by atoms with Crippen molar-refractivity contribution in [3.8, 4) is 28.4 Å². The van der Waals surface area contributed by atoms with Gasteiger partial charge in [0.25, 0.3) is 0 Å². The van der Waals surface area contributed by atoms with Crippen LogP contribution in [0.25, 0.3) is 22.1 Å². The number of hydrogen-bond acceptors (Lipinski definition) is 6. The topological polar surface area (TPSA) is 75.0 Å². The molecule has 0 N–H and O–H groups in total. The zero-order chi connectivity index (χ0) is 22.0. The predicted molar refractivity (Wildman–Crippen MR) is 117 cm³/mol. The Balaban J connectivity index is 1.67. The Bertz CT molecular complexity index is 1320. The number of methoxy groups -OCH3 is 2. The van der Waals surface area contributed by atoms with Gasteiger partial charge < -0.3 is 18.6 Å². The summed E-state index contributed by atoms with van der Waals surface area (Å²) < 4.78 is 21.4. The summed E-state index contributed by atoms with van der Waals surface area (Å²) >= 11 is 0. The highest BCUT2D eigenvalue weighted by atomic mass is 16.5. The Morgan fingerprint density at radius 2 is 1.61 bits per heavy atom. The molecule has 0 aliphatic heterocycles. The Morgan fingerprint density at radius 3 is 2.32 bits per heavy atom. The summed E-state index contributed by atoms with van der Waals surface area (Å²) in [6, 6.07) is 19.1. The molecule has 0 atom stereocenters. The van der Waals surface area contributed by atoms with Crippen LogP contribution in [0.5, 0.6) is 17.2 Å². The second-order valence-corrected chi connectivity index (χ2v) is 6.87. The maximum Gasteiger partial charge on any atom is 0.344 e. The van der Waals surface area contributed by atoms with Gasteiger partial charge in [-0.05, 0) is 48.4 Å². The number of esters is 1. The molecule has 4 rings (SSSR count). The van der Waals surface area contributed by atoms with E-state index < -0.39 is 11.6 Å². The highest BCUT2D eigenvalue weighted by molar-refractivity contribution is 5.93. The Labute approximate surface area is 178 Å². The summed E-state index contributed by atoms with van der Waals surface area (Å²) in [5.74, 6) is 0.629. The minimum atomic E-state index is -0.569. The molecule has 1 heterocycles. The molecule has 0 bridgehead atoms. The molecule has 0 saturated heterocycles. The molecule has 156 valence electrons. The van der Waals surface area contributed by atoms with Gasteiger partial charge in [-0.15, -0.1) is 0 Å². The van der Waals surface area contributed by atoms with Crippen LogP contribution in [0.1, 0.15) is 15.9 Å². The van der Waals surface area contributed by atoms with E-state index in [1.165, 1.54) is 20.3 Å². The van der Waals surface area contributed by atoms with Gasteiger partial charge >= 0.3 is 11.6 Å². The lowest BCUT2D eigenvalue weighted by Gasteiger charge is -2.11. The van der Waals surface area contributed by atoms with E-state index >= 15 is 0 Å². The molecule has 0 spiro atoms. The molecule has 0 unspecified atom stereocenters. The van der Waals surface area contributed by atoms with E-state index in [9.17, 15) is 9.59 Å². The number of ether oxygens (including phenoxy) is 3. The van der Waals surface area contributed by atoms with Crippen LogP contribution in [0.2, 0.25) is 0 Å². The van der Waals surface area contributed by atoms with Crippen LogP contribution < -0.4 is 19.8 Å². The minimum absolute atomic E-state index is 0.266. The largest absolute Gasteiger partial charge is 0.493 e. The van der Waals surface area contributed by atoms with Crippen LogP contribution in [-0.4, -0.2) is 20.2 Å². The first kappa shape index (κ1) is 20.2. The van der Waals surface area contributed by atoms with Crippen molar-refractivity contribution in [2.45, 2.75) is 6.92 Å². The van der Waals surface area contributed by atoms with Crippen molar-refractivity contribution in [1.29, 1.82) is 0 Å². The summed E-state index contributed by atoms with van der Waals surface area (Å²) in [6.45, 7) is 1.87. The standard InChI is InChI=1S/C25H20O6/c1-15-19-11-10-18(30-24(26)17-9-12-20(28-2)22(13-17)29-3)14-21(19)31-25(27)23(15)16-7-5-4-6-8-16/h4-14H,1-3H3. The number of rotatable bonds is 5. The summed E-state index contributed by atoms with van der Waals surface area (Å²) in [5, 5.41) is 0.768. The average molecular weight is 416 g/mol. The first-order valence-corrected chi connectivity index (χ1v) is 9.59. The molecule has 31 heavy (non-hydrogen) atoms. The molecule has 0 saturated carbocycles. The van der Waals surface area contributed by atoms with E-state index in [2.05, 4.69) is 0 Å². The van der Waals surface area contributed by atoms with Crippen molar-refractivity contribution >= 4 is 16.9 Å². The lowest BCUT2D eigenvalue weighted by molar-refractivity contribution is 0.0734. The van der Waals surface area contributed by atoms with Crippen LogP contribution in [-0.2, 0) is 0 Å². The van der Waals surface area contributed by atoms with Gasteiger partial charge in [-0.3, -0.25) is 0 Å². The van der Waals surface area contributed by atoms with Crippen LogP contribution >= 0.6 is 0 Å². The fourth-order valence-corrected chi connectivity index (χ4v) is 3.47. The molecule has 0 aliphatic rings. The molecule has 6 heteroatoms. The van der Waals surface area contributed by atoms with Crippen LogP contribution in [0.3, 0.4) is 0 Å². The lowest BCUT2D eigenvalue weighted by atomic mass is 10.00. The predicted octanol–water partition coefficient (Wildman–Crippen LogP) is 5.00. The van der Waals surface area contributed by atoms with Crippen molar-refractivity contribution in [1.82, 2.24) is 0 Å². The van der Waals surface area contributed by atoms with E-state index in [0.29, 0.717) is 28.2 Å². The fraction of sp³-hybridized carbons (Fsp3) is 0.120. The summed E-state index contributed by atoms with van der Waals surface area (Å²) in [6.07, 6.45) is 0. The van der Waals surface area contributed by atoms with E-state index in [0.717, 1.165) is 16.5 Å². The van der Waals surface area contributed by atoms with E-state index in [4.69, 9.17) is 18.6 Å². The lowest BCUT2D eigenvalue weighted by Crippen LogP contribution is -2.09. The van der Waals surface area contributed by atoms with Gasteiger partial charge in [0.15, 0.2) is 11.5 Å². The average Bonchev–Trinajstić information content (AvgIpc) is 2.79. The van der Waals surface area contributed by atoms with Crippen LogP contribution in [0.15, 0.2) is 75.9 Å². The first-order chi connectivity index (χ1) is 15.0. The number of benzene rings is 3. The van der Waals surface area contributed by atoms with Crippen molar-refractivity contribution in [3.05, 3.63) is 88.3 Å². The number of aryl methyl sites for hydroxylation is 1. The SMILES string of the molecule is COc1ccc(C(=O)Oc2ccc3c(C)c(-c4ccccc4)c(=O)oc3c2)cc1OC. The minimum Gasteiger partial charge on any atom is -0.493 e. The maximum absolute atomic E-state index is 12.6. The van der Waals surface area contributed by atoms with Crippen molar-refractivity contribution < 1.29 is 23.4 Å². The van der Waals surface area contributed by atoms with Gasteiger partial charge in [0.05, 0.1) is 25.3 Å². The molecule has 6 nitrogen and oxygen atoms in total. The third-order valence-corrected chi connectivity index (χ3v) is 5.03. The zero-order valence-corrected chi connectivity index (χ0v) is 17.3. The second kappa shape index (κ2) is 8.36.